The van der Waals surface area contributed by atoms with Crippen molar-refractivity contribution in [2.75, 3.05) is 13.2 Å². The van der Waals surface area contributed by atoms with E-state index in [1.807, 2.05) is 37.3 Å². The number of aryl methyl sites for hydroxylation is 1. The summed E-state index contributed by atoms with van der Waals surface area (Å²) in [5, 5.41) is 8.94. The van der Waals surface area contributed by atoms with E-state index in [0.29, 0.717) is 24.5 Å². The first kappa shape index (κ1) is 14.4. The largest absolute Gasteiger partial charge is 0.490 e. The predicted octanol–water partition coefficient (Wildman–Crippen LogP) is 4.09. The van der Waals surface area contributed by atoms with Gasteiger partial charge in [-0.05, 0) is 42.8 Å². The summed E-state index contributed by atoms with van der Waals surface area (Å²) >= 11 is 3.45. The van der Waals surface area contributed by atoms with Crippen LogP contribution in [0.4, 0.5) is 0 Å². The summed E-state index contributed by atoms with van der Waals surface area (Å²) < 4.78 is 12.2. The molecule has 2 aromatic carbocycles. The molecule has 0 aliphatic rings. The second kappa shape index (κ2) is 6.97. The Bertz CT molecular complexity index is 635. The lowest BCUT2D eigenvalue weighted by Gasteiger charge is -2.10. The van der Waals surface area contributed by atoms with Gasteiger partial charge in [-0.25, -0.2) is 0 Å². The van der Waals surface area contributed by atoms with E-state index < -0.39 is 0 Å². The molecule has 0 fully saturated rings. The molecule has 0 bridgehead atoms. The van der Waals surface area contributed by atoms with Crippen LogP contribution in [0, 0.1) is 18.3 Å². The minimum absolute atomic E-state index is 0.397. The fourth-order valence-corrected chi connectivity index (χ4v) is 1.95. The van der Waals surface area contributed by atoms with Gasteiger partial charge in [0.1, 0.15) is 30.8 Å². The van der Waals surface area contributed by atoms with E-state index in [4.69, 9.17) is 14.7 Å². The SMILES string of the molecule is Cc1cc(OCCOc2ccccc2C#N)ccc1Br. The molecule has 0 radical (unpaired) electrons. The van der Waals surface area contributed by atoms with E-state index in [-0.39, 0.29) is 0 Å². The molecule has 0 unspecified atom stereocenters. The van der Waals surface area contributed by atoms with Gasteiger partial charge in [0.15, 0.2) is 0 Å². The van der Waals surface area contributed by atoms with Crippen molar-refractivity contribution < 1.29 is 9.47 Å². The van der Waals surface area contributed by atoms with Crippen molar-refractivity contribution in [1.82, 2.24) is 0 Å². The first-order valence-electron chi connectivity index (χ1n) is 6.21. The third-order valence-electron chi connectivity index (χ3n) is 2.75. The molecule has 0 atom stereocenters. The van der Waals surface area contributed by atoms with Crippen molar-refractivity contribution in [3.63, 3.8) is 0 Å². The molecule has 2 aromatic rings. The molecule has 20 heavy (non-hydrogen) atoms. The standard InChI is InChI=1S/C16H14BrNO2/c1-12-10-14(6-7-15(12)17)19-8-9-20-16-5-3-2-4-13(16)11-18/h2-7,10H,8-9H2,1H3. The van der Waals surface area contributed by atoms with E-state index >= 15 is 0 Å². The van der Waals surface area contributed by atoms with E-state index in [9.17, 15) is 0 Å². The van der Waals surface area contributed by atoms with Crippen LogP contribution in [0.2, 0.25) is 0 Å². The summed E-state index contributed by atoms with van der Waals surface area (Å²) in [6.07, 6.45) is 0. The fraction of sp³-hybridized carbons (Fsp3) is 0.188. The lowest BCUT2D eigenvalue weighted by molar-refractivity contribution is 0.216. The first-order chi connectivity index (χ1) is 9.70. The van der Waals surface area contributed by atoms with Crippen LogP contribution in [0.5, 0.6) is 11.5 Å². The van der Waals surface area contributed by atoms with Gasteiger partial charge < -0.3 is 9.47 Å². The molecule has 0 aromatic heterocycles. The van der Waals surface area contributed by atoms with Gasteiger partial charge in [-0.3, -0.25) is 0 Å². The van der Waals surface area contributed by atoms with Gasteiger partial charge in [0.25, 0.3) is 0 Å². The average Bonchev–Trinajstić information content (AvgIpc) is 2.47. The summed E-state index contributed by atoms with van der Waals surface area (Å²) in [5.41, 5.74) is 1.66. The summed E-state index contributed by atoms with van der Waals surface area (Å²) in [5.74, 6) is 1.40. The monoisotopic (exact) mass is 331 g/mol. The normalized spacial score (nSPS) is 9.85. The van der Waals surface area contributed by atoms with Crippen molar-refractivity contribution in [2.45, 2.75) is 6.92 Å². The van der Waals surface area contributed by atoms with Crippen molar-refractivity contribution in [2.24, 2.45) is 0 Å². The second-order valence-electron chi connectivity index (χ2n) is 4.22. The van der Waals surface area contributed by atoms with Gasteiger partial charge in [0, 0.05) is 4.47 Å². The number of ether oxygens (including phenoxy) is 2. The van der Waals surface area contributed by atoms with Crippen LogP contribution in [-0.2, 0) is 0 Å². The lowest BCUT2D eigenvalue weighted by atomic mass is 10.2. The van der Waals surface area contributed by atoms with E-state index in [1.165, 1.54) is 0 Å². The number of benzene rings is 2. The molecular formula is C16H14BrNO2. The van der Waals surface area contributed by atoms with E-state index in [1.54, 1.807) is 12.1 Å². The van der Waals surface area contributed by atoms with Gasteiger partial charge >= 0.3 is 0 Å². The minimum atomic E-state index is 0.397. The predicted molar refractivity (Wildman–Crippen MR) is 81.0 cm³/mol. The Morgan fingerprint density at radius 2 is 1.85 bits per heavy atom. The zero-order valence-electron chi connectivity index (χ0n) is 11.1. The Morgan fingerprint density at radius 3 is 2.60 bits per heavy atom. The molecule has 2 rings (SSSR count). The van der Waals surface area contributed by atoms with Crippen LogP contribution in [0.15, 0.2) is 46.9 Å². The number of para-hydroxylation sites is 1. The zero-order chi connectivity index (χ0) is 14.4. The lowest BCUT2D eigenvalue weighted by Crippen LogP contribution is -2.09. The number of rotatable bonds is 5. The van der Waals surface area contributed by atoms with Gasteiger partial charge in [-0.2, -0.15) is 5.26 Å². The maximum Gasteiger partial charge on any atom is 0.137 e. The van der Waals surface area contributed by atoms with Crippen molar-refractivity contribution in [1.29, 1.82) is 5.26 Å². The molecule has 0 aliphatic heterocycles. The Morgan fingerprint density at radius 1 is 1.10 bits per heavy atom. The van der Waals surface area contributed by atoms with Crippen molar-refractivity contribution >= 4 is 15.9 Å². The molecule has 0 saturated carbocycles. The average molecular weight is 332 g/mol. The summed E-state index contributed by atoms with van der Waals surface area (Å²) in [6, 6.07) is 15.1. The molecule has 102 valence electrons. The molecular weight excluding hydrogens is 318 g/mol. The maximum absolute atomic E-state index is 8.94. The Labute approximate surface area is 126 Å². The summed E-state index contributed by atoms with van der Waals surface area (Å²) in [4.78, 5) is 0. The second-order valence-corrected chi connectivity index (χ2v) is 5.07. The highest BCUT2D eigenvalue weighted by Gasteiger charge is 2.02. The topological polar surface area (TPSA) is 42.2 Å². The Balaban J connectivity index is 1.85. The number of halogens is 1. The number of nitrogens with zero attached hydrogens (tertiary/aromatic N) is 1. The molecule has 0 spiro atoms. The number of hydrogen-bond donors (Lipinski definition) is 0. The van der Waals surface area contributed by atoms with Gasteiger partial charge in [-0.1, -0.05) is 28.1 Å². The summed E-state index contributed by atoms with van der Waals surface area (Å²) in [7, 11) is 0. The molecule has 0 aliphatic carbocycles. The van der Waals surface area contributed by atoms with Crippen LogP contribution in [0.25, 0.3) is 0 Å². The third kappa shape index (κ3) is 3.75. The Hall–Kier alpha value is -1.99. The zero-order valence-corrected chi connectivity index (χ0v) is 12.7. The van der Waals surface area contributed by atoms with Gasteiger partial charge in [0.05, 0.1) is 5.56 Å². The number of hydrogen-bond acceptors (Lipinski definition) is 3. The molecule has 0 saturated heterocycles. The smallest absolute Gasteiger partial charge is 0.137 e. The van der Waals surface area contributed by atoms with E-state index in [0.717, 1.165) is 15.8 Å². The van der Waals surface area contributed by atoms with Crippen LogP contribution < -0.4 is 9.47 Å². The highest BCUT2D eigenvalue weighted by Crippen LogP contribution is 2.21. The molecule has 3 nitrogen and oxygen atoms in total. The van der Waals surface area contributed by atoms with Gasteiger partial charge in [0.2, 0.25) is 0 Å². The third-order valence-corrected chi connectivity index (χ3v) is 3.64. The first-order valence-corrected chi connectivity index (χ1v) is 7.01. The van der Waals surface area contributed by atoms with Crippen LogP contribution in [0.1, 0.15) is 11.1 Å². The summed E-state index contributed by atoms with van der Waals surface area (Å²) in [6.45, 7) is 2.84. The number of nitriles is 1. The maximum atomic E-state index is 8.94. The highest BCUT2D eigenvalue weighted by atomic mass is 79.9. The molecule has 4 heteroatoms. The molecule has 0 N–H and O–H groups in total. The molecule has 0 amide bonds. The minimum Gasteiger partial charge on any atom is -0.490 e. The molecule has 0 heterocycles. The Kier molecular flexibility index (Phi) is 5.03. The quantitative estimate of drug-likeness (QED) is 0.775. The van der Waals surface area contributed by atoms with Crippen LogP contribution in [-0.4, -0.2) is 13.2 Å². The van der Waals surface area contributed by atoms with Crippen LogP contribution in [0.3, 0.4) is 0 Å². The highest BCUT2D eigenvalue weighted by molar-refractivity contribution is 9.10. The van der Waals surface area contributed by atoms with Gasteiger partial charge in [-0.15, -0.1) is 0 Å². The van der Waals surface area contributed by atoms with Crippen LogP contribution >= 0.6 is 15.9 Å². The van der Waals surface area contributed by atoms with Crippen molar-refractivity contribution in [3.8, 4) is 17.6 Å². The van der Waals surface area contributed by atoms with Crippen molar-refractivity contribution in [3.05, 3.63) is 58.1 Å². The fourth-order valence-electron chi connectivity index (χ4n) is 1.70. The van der Waals surface area contributed by atoms with E-state index in [2.05, 4.69) is 22.0 Å².